The van der Waals surface area contributed by atoms with E-state index < -0.39 is 0 Å². The molecule has 3 aliphatic heterocycles. The Bertz CT molecular complexity index is 846. The first-order chi connectivity index (χ1) is 12.3. The summed E-state index contributed by atoms with van der Waals surface area (Å²) in [5, 5.41) is 0. The van der Waals surface area contributed by atoms with Gasteiger partial charge in [0.05, 0.1) is 12.7 Å². The number of benzene rings is 2. The molecule has 25 heavy (non-hydrogen) atoms. The predicted octanol–water partition coefficient (Wildman–Crippen LogP) is 3.10. The van der Waals surface area contributed by atoms with Gasteiger partial charge >= 0.3 is 0 Å². The molecular weight excluding hydrogens is 324 g/mol. The summed E-state index contributed by atoms with van der Waals surface area (Å²) >= 11 is 0. The van der Waals surface area contributed by atoms with E-state index in [0.29, 0.717) is 30.1 Å². The Morgan fingerprint density at radius 3 is 2.32 bits per heavy atom. The Morgan fingerprint density at radius 2 is 1.52 bits per heavy atom. The molecule has 2 atom stereocenters. The van der Waals surface area contributed by atoms with Crippen LogP contribution in [0.4, 0.5) is 0 Å². The minimum absolute atomic E-state index is 0.0709. The lowest BCUT2D eigenvalue weighted by Gasteiger charge is -2.11. The number of rotatable bonds is 3. The molecule has 0 radical (unpaired) electrons. The van der Waals surface area contributed by atoms with Crippen LogP contribution in [0.15, 0.2) is 36.4 Å². The summed E-state index contributed by atoms with van der Waals surface area (Å²) in [5.74, 6) is 2.67. The van der Waals surface area contributed by atoms with Crippen molar-refractivity contribution < 1.29 is 28.5 Å². The first-order valence-electron chi connectivity index (χ1n) is 8.23. The average molecular weight is 340 g/mol. The molecule has 1 fully saturated rings. The zero-order valence-corrected chi connectivity index (χ0v) is 13.4. The van der Waals surface area contributed by atoms with Crippen LogP contribution in [0.3, 0.4) is 0 Å². The molecule has 6 nitrogen and oxygen atoms in total. The van der Waals surface area contributed by atoms with Crippen molar-refractivity contribution in [3.8, 4) is 23.0 Å². The van der Waals surface area contributed by atoms with Crippen LogP contribution in [0.2, 0.25) is 0 Å². The normalized spacial score (nSPS) is 23.0. The van der Waals surface area contributed by atoms with E-state index in [9.17, 15) is 4.79 Å². The molecule has 5 rings (SSSR count). The number of hydrogen-bond donors (Lipinski definition) is 0. The molecular formula is C19H16O6. The fourth-order valence-corrected chi connectivity index (χ4v) is 3.44. The molecule has 0 saturated carbocycles. The van der Waals surface area contributed by atoms with Crippen molar-refractivity contribution in [1.29, 1.82) is 0 Å². The van der Waals surface area contributed by atoms with Gasteiger partial charge in [-0.3, -0.25) is 4.79 Å². The van der Waals surface area contributed by atoms with Crippen molar-refractivity contribution in [3.05, 3.63) is 47.5 Å². The summed E-state index contributed by atoms with van der Waals surface area (Å²) in [5.41, 5.74) is 1.63. The fraction of sp³-hybridized carbons (Fsp3) is 0.316. The van der Waals surface area contributed by atoms with Gasteiger partial charge in [0.25, 0.3) is 0 Å². The van der Waals surface area contributed by atoms with E-state index in [-0.39, 0.29) is 31.4 Å². The molecule has 3 heterocycles. The van der Waals surface area contributed by atoms with Gasteiger partial charge in [-0.2, -0.15) is 0 Å². The van der Waals surface area contributed by atoms with Crippen LogP contribution in [0.1, 0.15) is 28.4 Å². The molecule has 1 saturated heterocycles. The van der Waals surface area contributed by atoms with Gasteiger partial charge in [-0.25, -0.2) is 0 Å². The van der Waals surface area contributed by atoms with Crippen LogP contribution >= 0.6 is 0 Å². The molecule has 0 bridgehead atoms. The molecule has 6 heteroatoms. The number of hydrogen-bond acceptors (Lipinski definition) is 6. The monoisotopic (exact) mass is 340 g/mol. The van der Waals surface area contributed by atoms with Crippen LogP contribution in [-0.2, 0) is 4.74 Å². The average Bonchev–Trinajstić information content (AvgIpc) is 3.39. The van der Waals surface area contributed by atoms with E-state index >= 15 is 0 Å². The van der Waals surface area contributed by atoms with Crippen LogP contribution < -0.4 is 18.9 Å². The predicted molar refractivity (Wildman–Crippen MR) is 86.3 cm³/mol. The highest BCUT2D eigenvalue weighted by Gasteiger charge is 2.33. The van der Waals surface area contributed by atoms with Gasteiger partial charge in [0, 0.05) is 11.5 Å². The Balaban J connectivity index is 1.32. The smallest absolute Gasteiger partial charge is 0.231 e. The van der Waals surface area contributed by atoms with Crippen LogP contribution in [0, 0.1) is 5.92 Å². The summed E-state index contributed by atoms with van der Waals surface area (Å²) in [7, 11) is 0. The standard InChI is InChI=1S/C19H16O6/c20-19(12-2-4-15-18(6-12)25-10-23-15)13-7-16(21-8-13)11-1-3-14-17(5-11)24-9-22-14/h1-6,13,16H,7-10H2/t13-,16+/m0/s1. The van der Waals surface area contributed by atoms with E-state index in [1.165, 1.54) is 0 Å². The lowest BCUT2D eigenvalue weighted by atomic mass is 9.93. The quantitative estimate of drug-likeness (QED) is 0.800. The first kappa shape index (κ1) is 14.6. The summed E-state index contributed by atoms with van der Waals surface area (Å²) < 4.78 is 27.3. The topological polar surface area (TPSA) is 63.2 Å². The number of fused-ring (bicyclic) bond motifs is 2. The van der Waals surface area contributed by atoms with Crippen molar-refractivity contribution >= 4 is 5.78 Å². The highest BCUT2D eigenvalue weighted by atomic mass is 16.7. The number of ether oxygens (including phenoxy) is 5. The maximum absolute atomic E-state index is 12.8. The van der Waals surface area contributed by atoms with Gasteiger partial charge in [0.2, 0.25) is 13.6 Å². The maximum Gasteiger partial charge on any atom is 0.231 e. The second-order valence-electron chi connectivity index (χ2n) is 6.30. The van der Waals surface area contributed by atoms with Gasteiger partial charge in [-0.1, -0.05) is 6.07 Å². The first-order valence-corrected chi connectivity index (χ1v) is 8.23. The Labute approximate surface area is 144 Å². The van der Waals surface area contributed by atoms with Crippen molar-refractivity contribution in [2.45, 2.75) is 12.5 Å². The van der Waals surface area contributed by atoms with E-state index in [1.807, 2.05) is 18.2 Å². The van der Waals surface area contributed by atoms with Crippen molar-refractivity contribution in [3.63, 3.8) is 0 Å². The van der Waals surface area contributed by atoms with Gasteiger partial charge in [0.15, 0.2) is 28.8 Å². The molecule has 0 aliphatic carbocycles. The largest absolute Gasteiger partial charge is 0.454 e. The number of carbonyl (C=O) groups excluding carboxylic acids is 1. The lowest BCUT2D eigenvalue weighted by Crippen LogP contribution is -2.14. The fourth-order valence-electron chi connectivity index (χ4n) is 3.44. The maximum atomic E-state index is 12.8. The number of Topliss-reactive ketones (excluding diaryl/α,β-unsaturated/α-hetero) is 1. The van der Waals surface area contributed by atoms with E-state index in [0.717, 1.165) is 17.1 Å². The molecule has 128 valence electrons. The van der Waals surface area contributed by atoms with Crippen LogP contribution in [-0.4, -0.2) is 26.0 Å². The molecule has 0 N–H and O–H groups in total. The molecule has 2 aromatic carbocycles. The van der Waals surface area contributed by atoms with E-state index in [2.05, 4.69) is 0 Å². The Hall–Kier alpha value is -2.73. The van der Waals surface area contributed by atoms with Crippen molar-refractivity contribution in [2.75, 3.05) is 20.2 Å². The zero-order valence-electron chi connectivity index (χ0n) is 13.4. The third-order valence-corrected chi connectivity index (χ3v) is 4.79. The van der Waals surface area contributed by atoms with Crippen LogP contribution in [0.25, 0.3) is 0 Å². The molecule has 0 amide bonds. The lowest BCUT2D eigenvalue weighted by molar-refractivity contribution is 0.0859. The summed E-state index contributed by atoms with van der Waals surface area (Å²) in [6, 6.07) is 11.1. The van der Waals surface area contributed by atoms with Gasteiger partial charge in [-0.05, 0) is 42.3 Å². The summed E-state index contributed by atoms with van der Waals surface area (Å²) in [6.45, 7) is 0.855. The second kappa shape index (κ2) is 5.67. The highest BCUT2D eigenvalue weighted by molar-refractivity contribution is 5.98. The second-order valence-corrected chi connectivity index (χ2v) is 6.30. The minimum Gasteiger partial charge on any atom is -0.454 e. The Morgan fingerprint density at radius 1 is 0.840 bits per heavy atom. The third kappa shape index (κ3) is 2.49. The number of carbonyl (C=O) groups is 1. The van der Waals surface area contributed by atoms with Gasteiger partial charge < -0.3 is 23.7 Å². The highest BCUT2D eigenvalue weighted by Crippen LogP contribution is 2.40. The van der Waals surface area contributed by atoms with Gasteiger partial charge in [-0.15, -0.1) is 0 Å². The summed E-state index contributed by atoms with van der Waals surface area (Å²) in [4.78, 5) is 12.8. The van der Waals surface area contributed by atoms with Crippen molar-refractivity contribution in [2.24, 2.45) is 5.92 Å². The van der Waals surface area contributed by atoms with Crippen molar-refractivity contribution in [1.82, 2.24) is 0 Å². The van der Waals surface area contributed by atoms with Gasteiger partial charge in [0.1, 0.15) is 0 Å². The van der Waals surface area contributed by atoms with Crippen LogP contribution in [0.5, 0.6) is 23.0 Å². The Kier molecular flexibility index (Phi) is 3.31. The molecule has 2 aromatic rings. The molecule has 0 unspecified atom stereocenters. The van der Waals surface area contributed by atoms with E-state index in [4.69, 9.17) is 23.7 Å². The minimum atomic E-state index is -0.171. The number of ketones is 1. The summed E-state index contributed by atoms with van der Waals surface area (Å²) in [6.07, 6.45) is 0.532. The third-order valence-electron chi connectivity index (χ3n) is 4.79. The van der Waals surface area contributed by atoms with E-state index in [1.54, 1.807) is 18.2 Å². The zero-order chi connectivity index (χ0) is 16.8. The molecule has 3 aliphatic rings. The molecule has 0 spiro atoms. The SMILES string of the molecule is O=C(c1ccc2c(c1)OCO2)[C@@H]1CO[C@@H](c2ccc3c(c2)OCO3)C1. The molecule has 0 aromatic heterocycles.